The van der Waals surface area contributed by atoms with Crippen LogP contribution in [-0.2, 0) is 11.2 Å². The van der Waals surface area contributed by atoms with Crippen LogP contribution in [0.3, 0.4) is 0 Å². The number of halogens is 2. The van der Waals surface area contributed by atoms with E-state index in [9.17, 15) is 4.79 Å². The number of hydrogen-bond acceptors (Lipinski definition) is 7. The molecule has 2 saturated heterocycles. The Morgan fingerprint density at radius 1 is 1.05 bits per heavy atom. The molecule has 0 bridgehead atoms. The van der Waals surface area contributed by atoms with Gasteiger partial charge in [0.25, 0.3) is 5.91 Å². The van der Waals surface area contributed by atoms with Gasteiger partial charge in [0.15, 0.2) is 5.82 Å². The van der Waals surface area contributed by atoms with Crippen LogP contribution in [0.15, 0.2) is 48.5 Å². The van der Waals surface area contributed by atoms with Crippen LogP contribution in [0.4, 0.5) is 17.2 Å². The third kappa shape index (κ3) is 6.43. The number of anilines is 3. The lowest BCUT2D eigenvalue weighted by atomic mass is 10.1. The smallest absolute Gasteiger partial charge is 0.259 e. The Kier molecular flexibility index (Phi) is 8.30. The van der Waals surface area contributed by atoms with Gasteiger partial charge in [0.05, 0.1) is 11.1 Å². The number of hydrogen-bond donors (Lipinski definition) is 3. The summed E-state index contributed by atoms with van der Waals surface area (Å²) in [6.45, 7) is 5.35. The fraction of sp³-hybridized carbons (Fsp3) is 0.367. The number of likely N-dealkylation sites (N-methyl/N-ethyl adjacent to an activating group) is 1. The number of piperazine rings is 1. The van der Waals surface area contributed by atoms with E-state index >= 15 is 0 Å². The number of aromatic amines is 1. The summed E-state index contributed by atoms with van der Waals surface area (Å²) < 4.78 is 5.55. The molecule has 2 fully saturated rings. The van der Waals surface area contributed by atoms with Gasteiger partial charge in [0.2, 0.25) is 0 Å². The third-order valence-electron chi connectivity index (χ3n) is 7.77. The second kappa shape index (κ2) is 12.2. The first kappa shape index (κ1) is 27.8. The predicted octanol–water partition coefficient (Wildman–Crippen LogP) is 5.45. The average molecular weight is 595 g/mol. The highest BCUT2D eigenvalue weighted by atomic mass is 35.5. The SMILES string of the molecule is CN1CCN(c2ccc(C(=O)Nc3n[nH]c4ccc(Cc5cc(Cl)ccc5Cl)nc34)c(NC3CCOCC3)c2)CC1. The Hall–Kier alpha value is -3.37. The first-order valence-corrected chi connectivity index (χ1v) is 14.7. The standard InChI is InChI=1S/C30H33Cl2N7O2/c1-38-10-12-39(13-11-38)23-4-5-24(27(18-23)33-21-8-14-41-15-9-21)30(40)35-29-28-26(36-37-29)7-3-22(34-28)17-19-16-20(31)2-6-25(19)32/h2-7,16,18,21,33H,8-15,17H2,1H3,(H2,35,36,37,40). The van der Waals surface area contributed by atoms with Gasteiger partial charge in [0, 0.05) is 79.0 Å². The molecule has 2 aliphatic rings. The highest BCUT2D eigenvalue weighted by Crippen LogP contribution is 2.29. The molecule has 2 aliphatic heterocycles. The van der Waals surface area contributed by atoms with E-state index in [1.54, 1.807) is 12.1 Å². The van der Waals surface area contributed by atoms with Gasteiger partial charge in [-0.1, -0.05) is 23.2 Å². The van der Waals surface area contributed by atoms with Gasteiger partial charge in [0.1, 0.15) is 5.52 Å². The zero-order valence-electron chi connectivity index (χ0n) is 22.9. The Labute approximate surface area is 249 Å². The van der Waals surface area contributed by atoms with Gasteiger partial charge in [-0.05, 0) is 74.0 Å². The summed E-state index contributed by atoms with van der Waals surface area (Å²) in [6.07, 6.45) is 2.29. The lowest BCUT2D eigenvalue weighted by Crippen LogP contribution is -2.44. The van der Waals surface area contributed by atoms with Gasteiger partial charge in [-0.25, -0.2) is 4.98 Å². The fourth-order valence-corrected chi connectivity index (χ4v) is 5.73. The maximum absolute atomic E-state index is 13.7. The van der Waals surface area contributed by atoms with Crippen molar-refractivity contribution in [3.63, 3.8) is 0 Å². The van der Waals surface area contributed by atoms with E-state index in [1.165, 1.54) is 0 Å². The molecule has 0 radical (unpaired) electrons. The molecule has 6 rings (SSSR count). The van der Waals surface area contributed by atoms with Crippen LogP contribution >= 0.6 is 23.2 Å². The van der Waals surface area contributed by atoms with E-state index in [2.05, 4.69) is 43.7 Å². The van der Waals surface area contributed by atoms with Gasteiger partial charge in [-0.15, -0.1) is 0 Å². The number of rotatable bonds is 7. The number of pyridine rings is 1. The van der Waals surface area contributed by atoms with Gasteiger partial charge in [-0.2, -0.15) is 5.10 Å². The van der Waals surface area contributed by atoms with Crippen LogP contribution in [0.2, 0.25) is 10.0 Å². The maximum atomic E-state index is 13.7. The van der Waals surface area contributed by atoms with Crippen LogP contribution in [-0.4, -0.2) is 78.5 Å². The number of H-pyrrole nitrogens is 1. The number of nitrogens with one attached hydrogen (secondary N) is 3. The van der Waals surface area contributed by atoms with Gasteiger partial charge >= 0.3 is 0 Å². The minimum atomic E-state index is -0.247. The molecule has 214 valence electrons. The van der Waals surface area contributed by atoms with Crippen molar-refractivity contribution in [1.29, 1.82) is 0 Å². The van der Waals surface area contributed by atoms with Crippen molar-refractivity contribution in [2.24, 2.45) is 0 Å². The molecule has 1 amide bonds. The summed E-state index contributed by atoms with van der Waals surface area (Å²) in [7, 11) is 2.14. The van der Waals surface area contributed by atoms with E-state index in [1.807, 2.05) is 30.3 Å². The number of aromatic nitrogens is 3. The monoisotopic (exact) mass is 593 g/mol. The first-order valence-electron chi connectivity index (χ1n) is 13.9. The fourth-order valence-electron chi connectivity index (χ4n) is 5.35. The zero-order chi connectivity index (χ0) is 28.3. The molecule has 0 unspecified atom stereocenters. The molecule has 4 aromatic rings. The van der Waals surface area contributed by atoms with Gasteiger partial charge in [-0.3, -0.25) is 9.89 Å². The quantitative estimate of drug-likeness (QED) is 0.262. The number of carbonyl (C=O) groups is 1. The Bertz CT molecular complexity index is 1550. The minimum absolute atomic E-state index is 0.242. The van der Waals surface area contributed by atoms with Crippen molar-refractivity contribution in [1.82, 2.24) is 20.1 Å². The average Bonchev–Trinajstić information content (AvgIpc) is 3.37. The molecule has 3 N–H and O–H groups in total. The summed E-state index contributed by atoms with van der Waals surface area (Å²) in [6, 6.07) is 15.5. The molecule has 0 atom stereocenters. The summed E-state index contributed by atoms with van der Waals surface area (Å²) >= 11 is 12.6. The predicted molar refractivity (Wildman–Crippen MR) is 165 cm³/mol. The molecule has 9 nitrogen and oxygen atoms in total. The summed E-state index contributed by atoms with van der Waals surface area (Å²) in [5.41, 5.74) is 5.47. The molecule has 2 aromatic heterocycles. The van der Waals surface area contributed by atoms with E-state index in [0.717, 1.165) is 67.2 Å². The zero-order valence-corrected chi connectivity index (χ0v) is 24.4. The Morgan fingerprint density at radius 3 is 2.66 bits per heavy atom. The van der Waals surface area contributed by atoms with Crippen molar-refractivity contribution in [3.05, 3.63) is 75.4 Å². The van der Waals surface area contributed by atoms with Crippen LogP contribution in [0.1, 0.15) is 34.5 Å². The highest BCUT2D eigenvalue weighted by Gasteiger charge is 2.22. The third-order valence-corrected chi connectivity index (χ3v) is 8.38. The number of benzene rings is 2. The van der Waals surface area contributed by atoms with Crippen molar-refractivity contribution in [3.8, 4) is 0 Å². The normalized spacial score (nSPS) is 16.7. The second-order valence-corrected chi connectivity index (χ2v) is 11.5. The van der Waals surface area contributed by atoms with E-state index in [-0.39, 0.29) is 11.9 Å². The number of amides is 1. The summed E-state index contributed by atoms with van der Waals surface area (Å²) in [4.78, 5) is 23.2. The summed E-state index contributed by atoms with van der Waals surface area (Å²) in [5.74, 6) is 0.132. The Balaban J connectivity index is 1.26. The van der Waals surface area contributed by atoms with Crippen molar-refractivity contribution < 1.29 is 9.53 Å². The molecule has 2 aromatic carbocycles. The lowest BCUT2D eigenvalue weighted by Gasteiger charge is -2.34. The van der Waals surface area contributed by atoms with E-state index < -0.39 is 0 Å². The largest absolute Gasteiger partial charge is 0.381 e. The van der Waals surface area contributed by atoms with Crippen LogP contribution in [0, 0.1) is 0 Å². The minimum Gasteiger partial charge on any atom is -0.381 e. The lowest BCUT2D eigenvalue weighted by molar-refractivity contribution is 0.0904. The van der Waals surface area contributed by atoms with Gasteiger partial charge < -0.3 is 25.2 Å². The van der Waals surface area contributed by atoms with Crippen LogP contribution in [0.25, 0.3) is 11.0 Å². The Morgan fingerprint density at radius 2 is 1.85 bits per heavy atom. The molecule has 11 heteroatoms. The molecule has 4 heterocycles. The van der Waals surface area contributed by atoms with Crippen molar-refractivity contribution in [2.45, 2.75) is 25.3 Å². The molecule has 0 saturated carbocycles. The number of ether oxygens (including phenoxy) is 1. The number of nitrogens with zero attached hydrogens (tertiary/aromatic N) is 4. The number of carbonyl (C=O) groups excluding carboxylic acids is 1. The second-order valence-electron chi connectivity index (χ2n) is 10.7. The maximum Gasteiger partial charge on any atom is 0.259 e. The van der Waals surface area contributed by atoms with Crippen molar-refractivity contribution >= 4 is 57.3 Å². The molecular weight excluding hydrogens is 561 g/mol. The van der Waals surface area contributed by atoms with Crippen LogP contribution < -0.4 is 15.5 Å². The van der Waals surface area contributed by atoms with Crippen LogP contribution in [0.5, 0.6) is 0 Å². The van der Waals surface area contributed by atoms with Crippen molar-refractivity contribution in [2.75, 3.05) is 62.0 Å². The molecule has 0 aliphatic carbocycles. The number of fused-ring (bicyclic) bond motifs is 1. The molecule has 0 spiro atoms. The molecular formula is C30H33Cl2N7O2. The molecule has 41 heavy (non-hydrogen) atoms. The topological polar surface area (TPSA) is 98.4 Å². The van der Waals surface area contributed by atoms with E-state index in [4.69, 9.17) is 32.9 Å². The summed E-state index contributed by atoms with van der Waals surface area (Å²) in [5, 5.41) is 15.2. The first-order chi connectivity index (χ1) is 19.9. The van der Waals surface area contributed by atoms with E-state index in [0.29, 0.717) is 46.6 Å². The highest BCUT2D eigenvalue weighted by molar-refractivity contribution is 6.33.